The number of nitrogens with zero attached hydrogens (tertiary/aromatic N) is 3. The molecule has 0 spiro atoms. The maximum atomic E-state index is 5.31. The molecule has 0 aliphatic heterocycles. The quantitative estimate of drug-likeness (QED) is 0.788. The third kappa shape index (κ3) is 3.91. The Bertz CT molecular complexity index is 564. The summed E-state index contributed by atoms with van der Waals surface area (Å²) in [6, 6.07) is 8.24. The molecule has 1 aromatic carbocycles. The Labute approximate surface area is 125 Å². The Morgan fingerprint density at radius 2 is 2.00 bits per heavy atom. The molecule has 7 heteroatoms. The molecular weight excluding hydrogens is 357 g/mol. The van der Waals surface area contributed by atoms with Crippen LogP contribution in [-0.4, -0.2) is 28.6 Å². The van der Waals surface area contributed by atoms with Gasteiger partial charge in [-0.15, -0.1) is 0 Å². The number of ether oxygens (including phenoxy) is 1. The zero-order valence-corrected chi connectivity index (χ0v) is 12.8. The molecular formula is C12H14IN5O. The molecule has 0 saturated carbocycles. The normalized spacial score (nSPS) is 10.1. The highest BCUT2D eigenvalue weighted by molar-refractivity contribution is 14.1. The molecule has 2 rings (SSSR count). The van der Waals surface area contributed by atoms with Gasteiger partial charge in [-0.05, 0) is 47.7 Å². The zero-order chi connectivity index (χ0) is 13.7. The fourth-order valence-corrected chi connectivity index (χ4v) is 1.96. The molecule has 100 valence electrons. The van der Waals surface area contributed by atoms with Crippen molar-refractivity contribution in [3.8, 4) is 6.01 Å². The highest BCUT2D eigenvalue weighted by Crippen LogP contribution is 2.18. The smallest absolute Gasteiger partial charge is 0.323 e. The lowest BCUT2D eigenvalue weighted by Gasteiger charge is -2.08. The van der Waals surface area contributed by atoms with Crippen molar-refractivity contribution in [2.24, 2.45) is 0 Å². The molecule has 0 bridgehead atoms. The number of halogens is 1. The summed E-state index contributed by atoms with van der Waals surface area (Å²) in [5, 5.41) is 6.01. The first-order valence-electron chi connectivity index (χ1n) is 5.80. The van der Waals surface area contributed by atoms with Crippen molar-refractivity contribution in [2.45, 2.75) is 6.92 Å². The van der Waals surface area contributed by atoms with Crippen LogP contribution in [0.3, 0.4) is 0 Å². The van der Waals surface area contributed by atoms with Crippen LogP contribution in [0.15, 0.2) is 24.3 Å². The van der Waals surface area contributed by atoms with Gasteiger partial charge in [0.25, 0.3) is 0 Å². The van der Waals surface area contributed by atoms with Gasteiger partial charge in [-0.25, -0.2) is 0 Å². The fraction of sp³-hybridized carbons (Fsp3) is 0.250. The van der Waals surface area contributed by atoms with E-state index in [4.69, 9.17) is 4.74 Å². The van der Waals surface area contributed by atoms with E-state index in [-0.39, 0.29) is 0 Å². The van der Waals surface area contributed by atoms with E-state index in [1.807, 2.05) is 31.2 Å². The Morgan fingerprint density at radius 1 is 1.21 bits per heavy atom. The van der Waals surface area contributed by atoms with Crippen LogP contribution in [0.1, 0.15) is 6.92 Å². The molecule has 0 aliphatic carbocycles. The predicted octanol–water partition coefficient (Wildman–Crippen LogP) is 2.66. The van der Waals surface area contributed by atoms with E-state index in [0.717, 1.165) is 9.26 Å². The van der Waals surface area contributed by atoms with E-state index in [1.165, 1.54) is 0 Å². The van der Waals surface area contributed by atoms with Crippen molar-refractivity contribution in [3.05, 3.63) is 27.8 Å². The largest absolute Gasteiger partial charge is 0.464 e. The number of benzene rings is 1. The molecule has 2 aromatic rings. The van der Waals surface area contributed by atoms with E-state index < -0.39 is 0 Å². The third-order valence-corrected chi connectivity index (χ3v) is 2.86. The fourth-order valence-electron chi connectivity index (χ4n) is 1.41. The summed E-state index contributed by atoms with van der Waals surface area (Å²) in [7, 11) is 1.75. The zero-order valence-electron chi connectivity index (χ0n) is 10.6. The maximum absolute atomic E-state index is 5.31. The van der Waals surface area contributed by atoms with Crippen molar-refractivity contribution in [3.63, 3.8) is 0 Å². The molecule has 19 heavy (non-hydrogen) atoms. The van der Waals surface area contributed by atoms with E-state index in [0.29, 0.717) is 24.5 Å². The van der Waals surface area contributed by atoms with Gasteiger partial charge in [-0.3, -0.25) is 0 Å². The number of aromatic nitrogens is 3. The van der Waals surface area contributed by atoms with Gasteiger partial charge in [0.15, 0.2) is 0 Å². The summed E-state index contributed by atoms with van der Waals surface area (Å²) < 4.78 is 6.44. The lowest BCUT2D eigenvalue weighted by atomic mass is 10.3. The molecule has 0 radical (unpaired) electrons. The number of anilines is 3. The van der Waals surface area contributed by atoms with Crippen molar-refractivity contribution in [1.82, 2.24) is 15.0 Å². The van der Waals surface area contributed by atoms with Crippen LogP contribution < -0.4 is 15.4 Å². The van der Waals surface area contributed by atoms with Gasteiger partial charge in [0.1, 0.15) is 0 Å². The van der Waals surface area contributed by atoms with E-state index in [1.54, 1.807) is 7.05 Å². The highest BCUT2D eigenvalue weighted by atomic mass is 127. The van der Waals surface area contributed by atoms with Gasteiger partial charge in [0.05, 0.1) is 6.61 Å². The highest BCUT2D eigenvalue weighted by Gasteiger charge is 2.06. The molecule has 1 aromatic heterocycles. The van der Waals surface area contributed by atoms with Crippen LogP contribution in [-0.2, 0) is 0 Å². The van der Waals surface area contributed by atoms with Crippen LogP contribution in [0.4, 0.5) is 17.6 Å². The van der Waals surface area contributed by atoms with E-state index in [9.17, 15) is 0 Å². The second-order valence-corrected chi connectivity index (χ2v) is 4.83. The third-order valence-electron chi connectivity index (χ3n) is 2.19. The molecule has 0 atom stereocenters. The molecule has 0 amide bonds. The van der Waals surface area contributed by atoms with Crippen molar-refractivity contribution >= 4 is 40.2 Å². The first-order valence-corrected chi connectivity index (χ1v) is 6.88. The number of hydrogen-bond acceptors (Lipinski definition) is 6. The summed E-state index contributed by atoms with van der Waals surface area (Å²) >= 11 is 2.25. The SMILES string of the molecule is CCOc1nc(NC)nc(Nc2cccc(I)c2)n1. The van der Waals surface area contributed by atoms with Crippen LogP contribution >= 0.6 is 22.6 Å². The lowest BCUT2D eigenvalue weighted by molar-refractivity contribution is 0.312. The second-order valence-electron chi connectivity index (χ2n) is 3.58. The molecule has 0 saturated heterocycles. The van der Waals surface area contributed by atoms with Crippen LogP contribution in [0.2, 0.25) is 0 Å². The van der Waals surface area contributed by atoms with Crippen LogP contribution in [0, 0.1) is 3.57 Å². The number of nitrogens with one attached hydrogen (secondary N) is 2. The van der Waals surface area contributed by atoms with Crippen molar-refractivity contribution in [2.75, 3.05) is 24.3 Å². The molecule has 6 nitrogen and oxygen atoms in total. The van der Waals surface area contributed by atoms with Crippen molar-refractivity contribution < 1.29 is 4.74 Å². The summed E-state index contributed by atoms with van der Waals surface area (Å²) in [4.78, 5) is 12.5. The average Bonchev–Trinajstić information content (AvgIpc) is 2.39. The van der Waals surface area contributed by atoms with Crippen LogP contribution in [0.5, 0.6) is 6.01 Å². The lowest BCUT2D eigenvalue weighted by Crippen LogP contribution is -2.07. The predicted molar refractivity (Wildman–Crippen MR) is 83.0 cm³/mol. The minimum atomic E-state index is 0.301. The van der Waals surface area contributed by atoms with Gasteiger partial charge in [-0.2, -0.15) is 15.0 Å². The molecule has 0 aliphatic rings. The van der Waals surface area contributed by atoms with E-state index in [2.05, 4.69) is 48.2 Å². The first kappa shape index (κ1) is 13.8. The monoisotopic (exact) mass is 371 g/mol. The van der Waals surface area contributed by atoms with Gasteiger partial charge in [0.2, 0.25) is 11.9 Å². The van der Waals surface area contributed by atoms with Gasteiger partial charge < -0.3 is 15.4 Å². The maximum Gasteiger partial charge on any atom is 0.323 e. The first-order chi connectivity index (χ1) is 9.21. The number of rotatable bonds is 5. The summed E-state index contributed by atoms with van der Waals surface area (Å²) in [5.41, 5.74) is 0.919. The standard InChI is InChI=1S/C12H14IN5O/c1-3-19-12-17-10(14-2)16-11(18-12)15-9-6-4-5-8(13)7-9/h4-7H,3H2,1-2H3,(H2,14,15,16,17,18). The molecule has 0 fully saturated rings. The Kier molecular flexibility index (Phi) is 4.72. The average molecular weight is 371 g/mol. The summed E-state index contributed by atoms with van der Waals surface area (Å²) in [6.07, 6.45) is 0. The Morgan fingerprint density at radius 3 is 2.68 bits per heavy atom. The molecule has 1 heterocycles. The van der Waals surface area contributed by atoms with Gasteiger partial charge in [-0.1, -0.05) is 6.07 Å². The van der Waals surface area contributed by atoms with Gasteiger partial charge >= 0.3 is 6.01 Å². The Hall–Kier alpha value is -1.64. The molecule has 2 N–H and O–H groups in total. The van der Waals surface area contributed by atoms with E-state index >= 15 is 0 Å². The Balaban J connectivity index is 2.26. The summed E-state index contributed by atoms with van der Waals surface area (Å²) in [6.45, 7) is 2.39. The topological polar surface area (TPSA) is 72.0 Å². The minimum absolute atomic E-state index is 0.301. The second kappa shape index (κ2) is 6.50. The van der Waals surface area contributed by atoms with Crippen LogP contribution in [0.25, 0.3) is 0 Å². The van der Waals surface area contributed by atoms with Crippen molar-refractivity contribution in [1.29, 1.82) is 0 Å². The number of hydrogen-bond donors (Lipinski definition) is 2. The minimum Gasteiger partial charge on any atom is -0.464 e. The van der Waals surface area contributed by atoms with Gasteiger partial charge in [0, 0.05) is 16.3 Å². The molecule has 0 unspecified atom stereocenters. The summed E-state index contributed by atoms with van der Waals surface area (Å²) in [5.74, 6) is 0.913.